The van der Waals surface area contributed by atoms with Gasteiger partial charge in [0.2, 0.25) is 0 Å². The van der Waals surface area contributed by atoms with Crippen LogP contribution in [0.3, 0.4) is 0 Å². The summed E-state index contributed by atoms with van der Waals surface area (Å²) in [6, 6.07) is 11.2. The topological polar surface area (TPSA) is 66.9 Å². The van der Waals surface area contributed by atoms with E-state index in [4.69, 9.17) is 0 Å². The molecule has 0 aliphatic carbocycles. The maximum Gasteiger partial charge on any atom is 0.256 e. The Labute approximate surface area is 134 Å². The average Bonchev–Trinajstić information content (AvgIpc) is 2.60. The first-order valence-corrected chi connectivity index (χ1v) is 7.62. The zero-order valence-electron chi connectivity index (χ0n) is 12.9. The zero-order chi connectivity index (χ0) is 16.1. The third kappa shape index (κ3) is 3.29. The molecule has 2 heterocycles. The molecule has 0 radical (unpaired) electrons. The molecule has 0 saturated heterocycles. The predicted octanol–water partition coefficient (Wildman–Crippen LogP) is 3.70. The van der Waals surface area contributed by atoms with Crippen LogP contribution in [-0.4, -0.2) is 22.4 Å². The highest BCUT2D eigenvalue weighted by Crippen LogP contribution is 2.23. The molecule has 3 aromatic rings. The van der Waals surface area contributed by atoms with Gasteiger partial charge < -0.3 is 10.6 Å². The maximum atomic E-state index is 12.7. The molecule has 0 aliphatic heterocycles. The van der Waals surface area contributed by atoms with Crippen LogP contribution < -0.4 is 10.6 Å². The predicted molar refractivity (Wildman–Crippen MR) is 92.7 cm³/mol. The number of fused-ring (bicyclic) bond motifs is 1. The van der Waals surface area contributed by atoms with E-state index in [-0.39, 0.29) is 5.91 Å². The van der Waals surface area contributed by atoms with Crippen molar-refractivity contribution >= 4 is 28.2 Å². The summed E-state index contributed by atoms with van der Waals surface area (Å²) in [5.74, 6) is -0.170. The second-order valence-corrected chi connectivity index (χ2v) is 5.18. The number of pyridine rings is 2. The molecule has 0 fully saturated rings. The highest BCUT2D eigenvalue weighted by Gasteiger charge is 2.12. The van der Waals surface area contributed by atoms with Crippen molar-refractivity contribution in [1.82, 2.24) is 9.97 Å². The Hall–Kier alpha value is -2.95. The van der Waals surface area contributed by atoms with E-state index in [2.05, 4.69) is 27.5 Å². The van der Waals surface area contributed by atoms with E-state index in [0.717, 1.165) is 35.2 Å². The largest absolute Gasteiger partial charge is 0.383 e. The summed E-state index contributed by atoms with van der Waals surface area (Å²) in [4.78, 5) is 21.0. The Morgan fingerprint density at radius 2 is 1.91 bits per heavy atom. The molecule has 2 N–H and O–H groups in total. The molecule has 0 saturated carbocycles. The standard InChI is InChI=1S/C18H18N4O/c1-2-9-20-16-5-3-4-6-17(16)22-18(23)13-7-11-21-15-8-10-19-12-14(13)15/h3-8,10-12,20H,2,9H2,1H3,(H,22,23). The van der Waals surface area contributed by atoms with Gasteiger partial charge >= 0.3 is 0 Å². The van der Waals surface area contributed by atoms with Crippen molar-refractivity contribution in [2.75, 3.05) is 17.2 Å². The second-order valence-electron chi connectivity index (χ2n) is 5.18. The lowest BCUT2D eigenvalue weighted by Crippen LogP contribution is -2.14. The number of carbonyl (C=O) groups excluding carboxylic acids is 1. The van der Waals surface area contributed by atoms with Gasteiger partial charge in [-0.3, -0.25) is 14.8 Å². The highest BCUT2D eigenvalue weighted by molar-refractivity contribution is 6.12. The molecule has 5 heteroatoms. The van der Waals surface area contributed by atoms with Crippen LogP contribution in [0.1, 0.15) is 23.7 Å². The van der Waals surface area contributed by atoms with Gasteiger partial charge in [0.05, 0.1) is 22.5 Å². The number of para-hydroxylation sites is 2. The lowest BCUT2D eigenvalue weighted by molar-refractivity contribution is 0.102. The molecule has 0 unspecified atom stereocenters. The van der Waals surface area contributed by atoms with E-state index < -0.39 is 0 Å². The number of nitrogens with zero attached hydrogens (tertiary/aromatic N) is 2. The maximum absolute atomic E-state index is 12.7. The lowest BCUT2D eigenvalue weighted by atomic mass is 10.1. The fraction of sp³-hybridized carbons (Fsp3) is 0.167. The Morgan fingerprint density at radius 1 is 1.09 bits per heavy atom. The number of benzene rings is 1. The van der Waals surface area contributed by atoms with Crippen LogP contribution in [0.5, 0.6) is 0 Å². The van der Waals surface area contributed by atoms with Crippen LogP contribution >= 0.6 is 0 Å². The van der Waals surface area contributed by atoms with Gasteiger partial charge in [0.15, 0.2) is 0 Å². The molecular weight excluding hydrogens is 288 g/mol. The number of rotatable bonds is 5. The molecule has 3 rings (SSSR count). The third-order valence-electron chi connectivity index (χ3n) is 3.53. The van der Waals surface area contributed by atoms with Crippen molar-refractivity contribution in [1.29, 1.82) is 0 Å². The lowest BCUT2D eigenvalue weighted by Gasteiger charge is -2.13. The summed E-state index contributed by atoms with van der Waals surface area (Å²) in [5.41, 5.74) is 3.00. The minimum absolute atomic E-state index is 0.170. The smallest absolute Gasteiger partial charge is 0.256 e. The Bertz CT molecular complexity index is 827. The number of aromatic nitrogens is 2. The third-order valence-corrected chi connectivity index (χ3v) is 3.53. The summed E-state index contributed by atoms with van der Waals surface area (Å²) >= 11 is 0. The molecule has 0 aliphatic rings. The monoisotopic (exact) mass is 306 g/mol. The molecule has 1 aromatic carbocycles. The van der Waals surface area contributed by atoms with Crippen LogP contribution in [0.15, 0.2) is 55.0 Å². The minimum atomic E-state index is -0.170. The summed E-state index contributed by atoms with van der Waals surface area (Å²) < 4.78 is 0. The van der Waals surface area contributed by atoms with Crippen molar-refractivity contribution in [3.05, 3.63) is 60.6 Å². The number of carbonyl (C=O) groups is 1. The molecule has 0 spiro atoms. The highest BCUT2D eigenvalue weighted by atomic mass is 16.1. The molecule has 0 atom stereocenters. The number of amides is 1. The summed E-state index contributed by atoms with van der Waals surface area (Å²) in [5, 5.41) is 7.03. The molecule has 23 heavy (non-hydrogen) atoms. The van der Waals surface area contributed by atoms with E-state index in [1.165, 1.54) is 0 Å². The molecule has 0 bridgehead atoms. The van der Waals surface area contributed by atoms with Gasteiger partial charge in [-0.15, -0.1) is 0 Å². The van der Waals surface area contributed by atoms with Crippen LogP contribution in [0.2, 0.25) is 0 Å². The van der Waals surface area contributed by atoms with E-state index in [1.807, 2.05) is 24.3 Å². The number of nitrogens with one attached hydrogen (secondary N) is 2. The number of hydrogen-bond donors (Lipinski definition) is 2. The first-order chi connectivity index (χ1) is 11.3. The molecule has 1 amide bonds. The van der Waals surface area contributed by atoms with E-state index >= 15 is 0 Å². The van der Waals surface area contributed by atoms with Crippen LogP contribution in [0.4, 0.5) is 11.4 Å². The van der Waals surface area contributed by atoms with Gasteiger partial charge in [-0.2, -0.15) is 0 Å². The first-order valence-electron chi connectivity index (χ1n) is 7.62. The molecule has 2 aromatic heterocycles. The Morgan fingerprint density at radius 3 is 2.74 bits per heavy atom. The fourth-order valence-electron chi connectivity index (χ4n) is 2.38. The van der Waals surface area contributed by atoms with Crippen LogP contribution in [-0.2, 0) is 0 Å². The Balaban J connectivity index is 1.90. The van der Waals surface area contributed by atoms with E-state index in [1.54, 1.807) is 30.7 Å². The van der Waals surface area contributed by atoms with Crippen LogP contribution in [0.25, 0.3) is 10.9 Å². The van der Waals surface area contributed by atoms with Crippen molar-refractivity contribution in [3.63, 3.8) is 0 Å². The summed E-state index contributed by atoms with van der Waals surface area (Å²) in [7, 11) is 0. The van der Waals surface area contributed by atoms with Crippen molar-refractivity contribution in [2.45, 2.75) is 13.3 Å². The normalized spacial score (nSPS) is 10.5. The summed E-state index contributed by atoms with van der Waals surface area (Å²) in [6.07, 6.45) is 5.99. The number of anilines is 2. The van der Waals surface area contributed by atoms with Crippen molar-refractivity contribution < 1.29 is 4.79 Å². The van der Waals surface area contributed by atoms with Gasteiger partial charge in [0.25, 0.3) is 5.91 Å². The van der Waals surface area contributed by atoms with Crippen molar-refractivity contribution in [3.8, 4) is 0 Å². The summed E-state index contributed by atoms with van der Waals surface area (Å²) in [6.45, 7) is 2.96. The van der Waals surface area contributed by atoms with Gasteiger partial charge in [-0.1, -0.05) is 19.1 Å². The zero-order valence-corrected chi connectivity index (χ0v) is 12.9. The molecule has 5 nitrogen and oxygen atoms in total. The van der Waals surface area contributed by atoms with E-state index in [9.17, 15) is 4.79 Å². The molecule has 116 valence electrons. The van der Waals surface area contributed by atoms with Gasteiger partial charge in [-0.25, -0.2) is 0 Å². The van der Waals surface area contributed by atoms with E-state index in [0.29, 0.717) is 5.56 Å². The van der Waals surface area contributed by atoms with Crippen LogP contribution in [0, 0.1) is 0 Å². The first kappa shape index (κ1) is 15.0. The number of hydrogen-bond acceptors (Lipinski definition) is 4. The average molecular weight is 306 g/mol. The second kappa shape index (κ2) is 6.87. The molecular formula is C18H18N4O. The SMILES string of the molecule is CCCNc1ccccc1NC(=O)c1ccnc2ccncc12. The Kier molecular flexibility index (Phi) is 4.47. The van der Waals surface area contributed by atoms with Gasteiger partial charge in [0.1, 0.15) is 0 Å². The van der Waals surface area contributed by atoms with Crippen molar-refractivity contribution in [2.24, 2.45) is 0 Å². The fourth-order valence-corrected chi connectivity index (χ4v) is 2.38. The van der Waals surface area contributed by atoms with Gasteiger partial charge in [-0.05, 0) is 30.7 Å². The minimum Gasteiger partial charge on any atom is -0.383 e. The quantitative estimate of drug-likeness (QED) is 0.754. The van der Waals surface area contributed by atoms with Gasteiger partial charge in [0, 0.05) is 30.5 Å².